The van der Waals surface area contributed by atoms with Crippen molar-refractivity contribution in [3.63, 3.8) is 0 Å². The Labute approximate surface area is 109 Å². The second-order valence-electron chi connectivity index (χ2n) is 3.99. The standard InChI is InChI=1S/C14H23N3O/c1-11(10-17-3)6-7-13(14(16)9-15)12(2)5-4-8-18/h4-8,10,14,17H,9,15-16H2,1-3H3/b5-4-,7-6-,11-10+,13-12-. The minimum Gasteiger partial charge on any atom is -0.394 e. The monoisotopic (exact) mass is 249 g/mol. The van der Waals surface area contributed by atoms with Crippen LogP contribution in [-0.4, -0.2) is 25.9 Å². The Hall–Kier alpha value is -1.65. The lowest BCUT2D eigenvalue weighted by atomic mass is 10.0. The van der Waals surface area contributed by atoms with Crippen LogP contribution in [0.15, 0.2) is 47.2 Å². The molecule has 0 aliphatic carbocycles. The Morgan fingerprint density at radius 1 is 1.28 bits per heavy atom. The molecule has 0 heterocycles. The lowest BCUT2D eigenvalue weighted by Gasteiger charge is -2.13. The molecule has 0 aromatic rings. The number of hydrogen-bond acceptors (Lipinski definition) is 4. The van der Waals surface area contributed by atoms with Crippen molar-refractivity contribution in [2.24, 2.45) is 11.5 Å². The molecule has 0 aliphatic heterocycles. The largest absolute Gasteiger partial charge is 0.394 e. The van der Waals surface area contributed by atoms with Crippen LogP contribution in [0.25, 0.3) is 0 Å². The summed E-state index contributed by atoms with van der Waals surface area (Å²) in [6.45, 7) is 4.25. The SMILES string of the molecule is CN/C=C(C)/C=C\C(=C(C)\C=C/C=O)C(N)CN. The first-order chi connectivity index (χ1) is 8.56. The highest BCUT2D eigenvalue weighted by atomic mass is 16.1. The van der Waals surface area contributed by atoms with Crippen molar-refractivity contribution in [3.8, 4) is 0 Å². The van der Waals surface area contributed by atoms with Crippen molar-refractivity contribution in [3.05, 3.63) is 47.2 Å². The number of carbonyl (C=O) groups is 1. The van der Waals surface area contributed by atoms with E-state index in [1.54, 1.807) is 6.08 Å². The third-order valence-electron chi connectivity index (χ3n) is 2.43. The molecule has 1 unspecified atom stereocenters. The molecule has 0 aromatic carbocycles. The average molecular weight is 249 g/mol. The molecule has 100 valence electrons. The van der Waals surface area contributed by atoms with E-state index < -0.39 is 0 Å². The van der Waals surface area contributed by atoms with Crippen LogP contribution >= 0.6 is 0 Å². The highest BCUT2D eigenvalue weighted by Crippen LogP contribution is 2.12. The van der Waals surface area contributed by atoms with Gasteiger partial charge in [0.2, 0.25) is 0 Å². The number of nitrogens with one attached hydrogen (secondary N) is 1. The average Bonchev–Trinajstić information content (AvgIpc) is 2.36. The predicted molar refractivity (Wildman–Crippen MR) is 76.9 cm³/mol. The van der Waals surface area contributed by atoms with Crippen molar-refractivity contribution in [2.75, 3.05) is 13.6 Å². The van der Waals surface area contributed by atoms with Crippen LogP contribution < -0.4 is 16.8 Å². The summed E-state index contributed by atoms with van der Waals surface area (Å²) in [4.78, 5) is 10.3. The van der Waals surface area contributed by atoms with Gasteiger partial charge in [-0.1, -0.05) is 18.2 Å². The van der Waals surface area contributed by atoms with Gasteiger partial charge in [-0.3, -0.25) is 4.79 Å². The van der Waals surface area contributed by atoms with E-state index >= 15 is 0 Å². The zero-order valence-corrected chi connectivity index (χ0v) is 11.3. The fourth-order valence-corrected chi connectivity index (χ4v) is 1.45. The highest BCUT2D eigenvalue weighted by Gasteiger charge is 2.06. The van der Waals surface area contributed by atoms with Crippen LogP contribution in [0.2, 0.25) is 0 Å². The van der Waals surface area contributed by atoms with Crippen LogP contribution in [-0.2, 0) is 4.79 Å². The van der Waals surface area contributed by atoms with Crippen molar-refractivity contribution < 1.29 is 4.79 Å². The molecule has 0 saturated heterocycles. The molecule has 0 aromatic heterocycles. The van der Waals surface area contributed by atoms with Gasteiger partial charge >= 0.3 is 0 Å². The lowest BCUT2D eigenvalue weighted by molar-refractivity contribution is -0.104. The number of allylic oxidation sites excluding steroid dienone is 5. The molecule has 5 N–H and O–H groups in total. The van der Waals surface area contributed by atoms with E-state index in [0.29, 0.717) is 6.54 Å². The van der Waals surface area contributed by atoms with E-state index in [9.17, 15) is 4.79 Å². The van der Waals surface area contributed by atoms with Gasteiger partial charge < -0.3 is 16.8 Å². The molecule has 0 aliphatic rings. The van der Waals surface area contributed by atoms with Gasteiger partial charge in [-0.25, -0.2) is 0 Å². The number of nitrogens with two attached hydrogens (primary N) is 2. The minimum absolute atomic E-state index is 0.236. The molecular formula is C14H23N3O. The summed E-state index contributed by atoms with van der Waals surface area (Å²) in [6.07, 6.45) is 9.70. The lowest BCUT2D eigenvalue weighted by Crippen LogP contribution is -2.31. The smallest absolute Gasteiger partial charge is 0.142 e. The molecule has 0 radical (unpaired) electrons. The van der Waals surface area contributed by atoms with E-state index in [-0.39, 0.29) is 6.04 Å². The van der Waals surface area contributed by atoms with Gasteiger partial charge in [0.1, 0.15) is 6.29 Å². The van der Waals surface area contributed by atoms with Gasteiger partial charge in [-0.15, -0.1) is 0 Å². The van der Waals surface area contributed by atoms with Gasteiger partial charge in [0.15, 0.2) is 0 Å². The van der Waals surface area contributed by atoms with Crippen LogP contribution in [0, 0.1) is 0 Å². The number of carbonyl (C=O) groups excluding carboxylic acids is 1. The molecule has 0 spiro atoms. The van der Waals surface area contributed by atoms with Gasteiger partial charge in [-0.05, 0) is 42.8 Å². The molecule has 0 rings (SSSR count). The third-order valence-corrected chi connectivity index (χ3v) is 2.43. The van der Waals surface area contributed by atoms with E-state index in [1.165, 1.54) is 6.08 Å². The van der Waals surface area contributed by atoms with Crippen molar-refractivity contribution in [1.82, 2.24) is 5.32 Å². The van der Waals surface area contributed by atoms with E-state index in [2.05, 4.69) is 5.32 Å². The molecule has 0 fully saturated rings. The van der Waals surface area contributed by atoms with Crippen LogP contribution in [0.4, 0.5) is 0 Å². The maximum atomic E-state index is 10.3. The highest BCUT2D eigenvalue weighted by molar-refractivity contribution is 5.66. The quantitative estimate of drug-likeness (QED) is 0.357. The van der Waals surface area contributed by atoms with Gasteiger partial charge in [0.05, 0.1) is 0 Å². The summed E-state index contributed by atoms with van der Waals surface area (Å²) in [5, 5.41) is 2.95. The summed E-state index contributed by atoms with van der Waals surface area (Å²) in [5.41, 5.74) is 14.5. The zero-order chi connectivity index (χ0) is 14.0. The van der Waals surface area contributed by atoms with Crippen molar-refractivity contribution in [1.29, 1.82) is 0 Å². The summed E-state index contributed by atoms with van der Waals surface area (Å²) in [6, 6.07) is -0.236. The summed E-state index contributed by atoms with van der Waals surface area (Å²) >= 11 is 0. The second kappa shape index (κ2) is 9.39. The third kappa shape index (κ3) is 6.18. The first-order valence-corrected chi connectivity index (χ1v) is 5.87. The molecule has 4 nitrogen and oxygen atoms in total. The summed E-state index contributed by atoms with van der Waals surface area (Å²) in [5.74, 6) is 0. The Morgan fingerprint density at radius 3 is 2.44 bits per heavy atom. The maximum absolute atomic E-state index is 10.3. The fourth-order valence-electron chi connectivity index (χ4n) is 1.45. The maximum Gasteiger partial charge on any atom is 0.142 e. The first-order valence-electron chi connectivity index (χ1n) is 5.87. The first kappa shape index (κ1) is 16.4. The second-order valence-corrected chi connectivity index (χ2v) is 3.99. The normalized spacial score (nSPS) is 15.9. The molecular weight excluding hydrogens is 226 g/mol. The molecule has 1 atom stereocenters. The summed E-state index contributed by atoms with van der Waals surface area (Å²) < 4.78 is 0. The Balaban J connectivity index is 5.19. The van der Waals surface area contributed by atoms with Crippen LogP contribution in [0.1, 0.15) is 13.8 Å². The minimum atomic E-state index is -0.236. The Morgan fingerprint density at radius 2 is 1.94 bits per heavy atom. The topological polar surface area (TPSA) is 81.1 Å². The summed E-state index contributed by atoms with van der Waals surface area (Å²) in [7, 11) is 1.85. The number of aldehydes is 1. The van der Waals surface area contributed by atoms with Crippen molar-refractivity contribution >= 4 is 6.29 Å². The van der Waals surface area contributed by atoms with Crippen molar-refractivity contribution in [2.45, 2.75) is 19.9 Å². The van der Waals surface area contributed by atoms with Crippen LogP contribution in [0.3, 0.4) is 0 Å². The Bertz CT molecular complexity index is 379. The molecule has 4 heteroatoms. The predicted octanol–water partition coefficient (Wildman–Crippen LogP) is 1.02. The molecule has 0 bridgehead atoms. The van der Waals surface area contributed by atoms with Gasteiger partial charge in [0.25, 0.3) is 0 Å². The number of rotatable bonds is 7. The van der Waals surface area contributed by atoms with Gasteiger partial charge in [0, 0.05) is 19.6 Å². The zero-order valence-electron chi connectivity index (χ0n) is 11.3. The van der Waals surface area contributed by atoms with Crippen LogP contribution in [0.5, 0.6) is 0 Å². The number of hydrogen-bond donors (Lipinski definition) is 3. The molecule has 0 saturated carbocycles. The molecule has 18 heavy (non-hydrogen) atoms. The van der Waals surface area contributed by atoms with Gasteiger partial charge in [-0.2, -0.15) is 0 Å². The Kier molecular flexibility index (Phi) is 8.53. The fraction of sp³-hybridized carbons (Fsp3) is 0.357. The van der Waals surface area contributed by atoms with E-state index in [0.717, 1.165) is 23.0 Å². The van der Waals surface area contributed by atoms with E-state index in [1.807, 2.05) is 39.2 Å². The molecule has 0 amide bonds. The van der Waals surface area contributed by atoms with E-state index in [4.69, 9.17) is 11.5 Å².